The van der Waals surface area contributed by atoms with Crippen molar-refractivity contribution in [1.82, 2.24) is 5.32 Å². The first-order valence-corrected chi connectivity index (χ1v) is 10.9. The van der Waals surface area contributed by atoms with Gasteiger partial charge in [-0.05, 0) is 54.7 Å². The Balaban J connectivity index is 1.61. The lowest BCUT2D eigenvalue weighted by Crippen LogP contribution is -2.39. The molecule has 33 heavy (non-hydrogen) atoms. The van der Waals surface area contributed by atoms with Crippen LogP contribution in [0, 0.1) is 11.2 Å². The van der Waals surface area contributed by atoms with Gasteiger partial charge in [-0.3, -0.25) is 9.59 Å². The SMILES string of the molecule is CC1=C(C(=O)Nc2cccc(F)c2)[C@H](c2ccc3c(c2)OCO3)C2=C(CC(C)(C)CC2=O)N1. The Morgan fingerprint density at radius 3 is 2.70 bits per heavy atom. The number of allylic oxidation sites excluding steroid dienone is 3. The lowest BCUT2D eigenvalue weighted by atomic mass is 9.68. The van der Waals surface area contributed by atoms with Crippen LogP contribution in [-0.2, 0) is 9.59 Å². The first kappa shape index (κ1) is 21.2. The summed E-state index contributed by atoms with van der Waals surface area (Å²) < 4.78 is 24.7. The van der Waals surface area contributed by atoms with Gasteiger partial charge in [0.1, 0.15) is 5.82 Å². The third-order valence-electron chi connectivity index (χ3n) is 6.30. The Labute approximate surface area is 191 Å². The second kappa shape index (κ2) is 7.76. The van der Waals surface area contributed by atoms with E-state index in [9.17, 15) is 14.0 Å². The Morgan fingerprint density at radius 2 is 1.91 bits per heavy atom. The van der Waals surface area contributed by atoms with Gasteiger partial charge in [0.05, 0.1) is 0 Å². The molecule has 2 heterocycles. The summed E-state index contributed by atoms with van der Waals surface area (Å²) in [6.07, 6.45) is 1.09. The second-order valence-corrected chi connectivity index (χ2v) is 9.51. The first-order chi connectivity index (χ1) is 15.7. The van der Waals surface area contributed by atoms with E-state index in [-0.39, 0.29) is 18.0 Å². The van der Waals surface area contributed by atoms with Gasteiger partial charge >= 0.3 is 0 Å². The second-order valence-electron chi connectivity index (χ2n) is 9.51. The molecule has 1 amide bonds. The van der Waals surface area contributed by atoms with Crippen LogP contribution in [0.25, 0.3) is 0 Å². The maximum Gasteiger partial charge on any atom is 0.254 e. The number of ketones is 1. The van der Waals surface area contributed by atoms with Crippen LogP contribution in [0.15, 0.2) is 65.0 Å². The van der Waals surface area contributed by atoms with Crippen LogP contribution in [0.2, 0.25) is 0 Å². The molecule has 1 atom stereocenters. The van der Waals surface area contributed by atoms with Gasteiger partial charge < -0.3 is 20.1 Å². The highest BCUT2D eigenvalue weighted by atomic mass is 19.1. The fourth-order valence-corrected chi connectivity index (χ4v) is 4.93. The molecule has 0 fully saturated rings. The summed E-state index contributed by atoms with van der Waals surface area (Å²) in [7, 11) is 0. The van der Waals surface area contributed by atoms with Crippen molar-refractivity contribution in [2.24, 2.45) is 5.41 Å². The number of Topliss-reactive ketones (excluding diaryl/α,β-unsaturated/α-hetero) is 1. The Morgan fingerprint density at radius 1 is 1.12 bits per heavy atom. The summed E-state index contributed by atoms with van der Waals surface area (Å²) in [4.78, 5) is 26.9. The van der Waals surface area contributed by atoms with Crippen molar-refractivity contribution in [2.45, 2.75) is 39.5 Å². The van der Waals surface area contributed by atoms with Gasteiger partial charge in [-0.1, -0.05) is 26.0 Å². The van der Waals surface area contributed by atoms with Gasteiger partial charge in [-0.25, -0.2) is 4.39 Å². The van der Waals surface area contributed by atoms with Crippen LogP contribution in [0.3, 0.4) is 0 Å². The molecule has 6 nitrogen and oxygen atoms in total. The summed E-state index contributed by atoms with van der Waals surface area (Å²) in [6, 6.07) is 11.2. The molecule has 0 saturated heterocycles. The molecule has 0 unspecified atom stereocenters. The van der Waals surface area contributed by atoms with E-state index in [1.165, 1.54) is 18.2 Å². The summed E-state index contributed by atoms with van der Waals surface area (Å²) in [5.74, 6) is -0.184. The van der Waals surface area contributed by atoms with Gasteiger partial charge in [0, 0.05) is 40.6 Å². The van der Waals surface area contributed by atoms with Crippen molar-refractivity contribution in [3.63, 3.8) is 0 Å². The number of halogens is 1. The maximum absolute atomic E-state index is 13.7. The van der Waals surface area contributed by atoms with E-state index in [0.717, 1.165) is 11.3 Å². The van der Waals surface area contributed by atoms with E-state index in [2.05, 4.69) is 24.5 Å². The predicted octanol–water partition coefficient (Wildman–Crippen LogP) is 4.80. The van der Waals surface area contributed by atoms with Gasteiger partial charge in [-0.2, -0.15) is 0 Å². The number of amides is 1. The van der Waals surface area contributed by atoms with Gasteiger partial charge in [0.2, 0.25) is 6.79 Å². The molecule has 2 N–H and O–H groups in total. The van der Waals surface area contributed by atoms with E-state index in [1.54, 1.807) is 12.1 Å². The van der Waals surface area contributed by atoms with Crippen molar-refractivity contribution in [1.29, 1.82) is 0 Å². The largest absolute Gasteiger partial charge is 0.454 e. The van der Waals surface area contributed by atoms with E-state index >= 15 is 0 Å². The Hall–Kier alpha value is -3.61. The number of benzene rings is 2. The number of fused-ring (bicyclic) bond motifs is 1. The quantitative estimate of drug-likeness (QED) is 0.706. The third-order valence-corrected chi connectivity index (χ3v) is 6.30. The molecule has 0 aromatic heterocycles. The minimum Gasteiger partial charge on any atom is -0.454 e. The first-order valence-electron chi connectivity index (χ1n) is 10.9. The monoisotopic (exact) mass is 448 g/mol. The molecule has 1 aliphatic carbocycles. The number of anilines is 1. The number of hydrogen-bond acceptors (Lipinski definition) is 5. The van der Waals surface area contributed by atoms with Gasteiger partial charge in [0.15, 0.2) is 17.3 Å². The predicted molar refractivity (Wildman–Crippen MR) is 121 cm³/mol. The lowest BCUT2D eigenvalue weighted by molar-refractivity contribution is -0.118. The summed E-state index contributed by atoms with van der Waals surface area (Å²) in [6.45, 7) is 6.10. The average Bonchev–Trinajstić information content (AvgIpc) is 3.19. The van der Waals surface area contributed by atoms with Crippen molar-refractivity contribution >= 4 is 17.4 Å². The highest BCUT2D eigenvalue weighted by molar-refractivity contribution is 6.10. The fourth-order valence-electron chi connectivity index (χ4n) is 4.93. The minimum absolute atomic E-state index is 0.0139. The molecule has 0 bridgehead atoms. The number of nitrogens with one attached hydrogen (secondary N) is 2. The van der Waals surface area contributed by atoms with E-state index in [4.69, 9.17) is 9.47 Å². The summed E-state index contributed by atoms with van der Waals surface area (Å²) in [5, 5.41) is 6.13. The average molecular weight is 448 g/mol. The van der Waals surface area contributed by atoms with Crippen LogP contribution < -0.4 is 20.1 Å². The zero-order valence-electron chi connectivity index (χ0n) is 18.8. The molecular weight excluding hydrogens is 423 g/mol. The molecule has 170 valence electrons. The number of hydrogen-bond donors (Lipinski definition) is 2. The number of rotatable bonds is 3. The summed E-state index contributed by atoms with van der Waals surface area (Å²) >= 11 is 0. The molecule has 7 heteroatoms. The number of ether oxygens (including phenoxy) is 2. The van der Waals surface area contributed by atoms with Crippen molar-refractivity contribution in [3.05, 3.63) is 76.4 Å². The lowest BCUT2D eigenvalue weighted by Gasteiger charge is -2.39. The van der Waals surface area contributed by atoms with Crippen LogP contribution >= 0.6 is 0 Å². The third kappa shape index (κ3) is 3.88. The molecule has 2 aliphatic heterocycles. The van der Waals surface area contributed by atoms with Gasteiger partial charge in [-0.15, -0.1) is 0 Å². The molecule has 0 spiro atoms. The highest BCUT2D eigenvalue weighted by Crippen LogP contribution is 2.48. The van der Waals surface area contributed by atoms with Gasteiger partial charge in [0.25, 0.3) is 5.91 Å². The normalized spacial score (nSPS) is 21.0. The molecule has 3 aliphatic rings. The van der Waals surface area contributed by atoms with E-state index in [0.29, 0.717) is 46.9 Å². The Bertz CT molecular complexity index is 1240. The van der Waals surface area contributed by atoms with Crippen molar-refractivity contribution in [2.75, 3.05) is 12.1 Å². The van der Waals surface area contributed by atoms with Crippen molar-refractivity contribution < 1.29 is 23.5 Å². The van der Waals surface area contributed by atoms with Crippen LogP contribution in [0.1, 0.15) is 45.1 Å². The molecular formula is C26H25FN2O4. The topological polar surface area (TPSA) is 76.7 Å². The van der Waals surface area contributed by atoms with Crippen molar-refractivity contribution in [3.8, 4) is 11.5 Å². The number of dihydropyridines is 1. The number of carbonyl (C=O) groups is 2. The van der Waals surface area contributed by atoms with E-state index in [1.807, 2.05) is 19.1 Å². The standard InChI is InChI=1S/C26H25FN2O4/c1-14-22(25(31)29-17-6-4-5-16(27)10-17)23(15-7-8-20-21(9-15)33-13-32-20)24-18(28-14)11-26(2,3)12-19(24)30/h4-10,23,28H,11-13H2,1-3H3,(H,29,31)/t23-/m0/s1. The molecule has 5 rings (SSSR count). The van der Waals surface area contributed by atoms with E-state index < -0.39 is 17.6 Å². The number of carbonyl (C=O) groups excluding carboxylic acids is 2. The molecule has 2 aromatic rings. The van der Waals surface area contributed by atoms with Crippen LogP contribution in [0.4, 0.5) is 10.1 Å². The Kier molecular flexibility index (Phi) is 5.00. The summed E-state index contributed by atoms with van der Waals surface area (Å²) in [5.41, 5.74) is 3.47. The molecule has 0 saturated carbocycles. The maximum atomic E-state index is 13.7. The zero-order chi connectivity index (χ0) is 23.3. The smallest absolute Gasteiger partial charge is 0.254 e. The zero-order valence-corrected chi connectivity index (χ0v) is 18.8. The molecule has 0 radical (unpaired) electrons. The molecule has 2 aromatic carbocycles. The fraction of sp³-hybridized carbons (Fsp3) is 0.308. The van der Waals surface area contributed by atoms with Crippen LogP contribution in [0.5, 0.6) is 11.5 Å². The highest BCUT2D eigenvalue weighted by Gasteiger charge is 2.43. The van der Waals surface area contributed by atoms with Crippen LogP contribution in [-0.4, -0.2) is 18.5 Å². The minimum atomic E-state index is -0.576.